The lowest BCUT2D eigenvalue weighted by Crippen LogP contribution is -2.00. The molecule has 5 heteroatoms. The molecular formula is C12H8O5. The van der Waals surface area contributed by atoms with E-state index in [2.05, 4.69) is 0 Å². The molecule has 2 heterocycles. The Kier molecular flexibility index (Phi) is 1.75. The molecule has 3 aromatic rings. The van der Waals surface area contributed by atoms with E-state index in [9.17, 15) is 15.0 Å². The number of phenols is 2. The number of rotatable bonds is 0. The maximum absolute atomic E-state index is 11.8. The van der Waals surface area contributed by atoms with E-state index >= 15 is 0 Å². The fraction of sp³-hybridized carbons (Fsp3) is 0.0833. The van der Waals surface area contributed by atoms with Crippen LogP contribution in [-0.4, -0.2) is 10.2 Å². The van der Waals surface area contributed by atoms with Gasteiger partial charge in [0, 0.05) is 6.07 Å². The van der Waals surface area contributed by atoms with E-state index in [1.807, 2.05) is 0 Å². The van der Waals surface area contributed by atoms with Gasteiger partial charge in [0.25, 0.3) is 0 Å². The number of fused-ring (bicyclic) bond motifs is 3. The fourth-order valence-corrected chi connectivity index (χ4v) is 1.92. The van der Waals surface area contributed by atoms with Crippen LogP contribution >= 0.6 is 0 Å². The van der Waals surface area contributed by atoms with E-state index in [0.717, 1.165) is 0 Å². The minimum absolute atomic E-state index is 0.0398. The van der Waals surface area contributed by atoms with Gasteiger partial charge in [-0.3, -0.25) is 4.79 Å². The van der Waals surface area contributed by atoms with E-state index in [4.69, 9.17) is 8.83 Å². The van der Waals surface area contributed by atoms with Gasteiger partial charge >= 0.3 is 0 Å². The number of aromatic hydroxyl groups is 2. The normalized spacial score (nSPS) is 11.4. The Balaban J connectivity index is 2.75. The first kappa shape index (κ1) is 9.77. The molecule has 0 unspecified atom stereocenters. The van der Waals surface area contributed by atoms with Crippen LogP contribution < -0.4 is 5.43 Å². The van der Waals surface area contributed by atoms with Gasteiger partial charge in [0.05, 0.1) is 11.6 Å². The van der Waals surface area contributed by atoms with Gasteiger partial charge in [0.1, 0.15) is 11.1 Å². The van der Waals surface area contributed by atoms with Gasteiger partial charge in [0.2, 0.25) is 5.75 Å². The predicted molar refractivity (Wildman–Crippen MR) is 60.3 cm³/mol. The van der Waals surface area contributed by atoms with Crippen molar-refractivity contribution in [3.05, 3.63) is 34.4 Å². The fourth-order valence-electron chi connectivity index (χ4n) is 1.92. The van der Waals surface area contributed by atoms with Crippen molar-refractivity contribution in [2.24, 2.45) is 0 Å². The number of furan rings is 1. The molecule has 0 saturated heterocycles. The van der Waals surface area contributed by atoms with Crippen LogP contribution in [0.5, 0.6) is 11.5 Å². The highest BCUT2D eigenvalue weighted by Gasteiger charge is 2.19. The van der Waals surface area contributed by atoms with Crippen LogP contribution in [0.15, 0.2) is 32.0 Å². The molecule has 17 heavy (non-hydrogen) atoms. The van der Waals surface area contributed by atoms with Gasteiger partial charge in [0.15, 0.2) is 22.3 Å². The minimum Gasteiger partial charge on any atom is -0.504 e. The molecule has 0 fully saturated rings. The van der Waals surface area contributed by atoms with Crippen LogP contribution in [0.25, 0.3) is 21.9 Å². The van der Waals surface area contributed by atoms with Crippen LogP contribution in [0.1, 0.15) is 5.76 Å². The molecule has 5 nitrogen and oxygen atoms in total. The second-order valence-corrected chi connectivity index (χ2v) is 3.79. The summed E-state index contributed by atoms with van der Waals surface area (Å²) < 4.78 is 10.5. The first-order valence-corrected chi connectivity index (χ1v) is 4.95. The molecule has 2 N–H and O–H groups in total. The molecule has 0 radical (unpaired) electrons. The van der Waals surface area contributed by atoms with Gasteiger partial charge < -0.3 is 19.0 Å². The van der Waals surface area contributed by atoms with E-state index in [-0.39, 0.29) is 16.6 Å². The Morgan fingerprint density at radius 3 is 2.71 bits per heavy atom. The number of aryl methyl sites for hydroxylation is 1. The molecule has 1 aromatic carbocycles. The summed E-state index contributed by atoms with van der Waals surface area (Å²) in [5, 5.41) is 19.9. The second kappa shape index (κ2) is 3.04. The standard InChI is InChI=1S/C12H8O5/c1-5-4-7(13)8-9(14)10(15)12-6(2-3-16-12)11(8)17-5/h2-4,14-15H,1H3. The Labute approximate surface area is 94.5 Å². The molecule has 0 aliphatic carbocycles. The number of phenolic OH excluding ortho intramolecular Hbond substituents is 2. The zero-order chi connectivity index (χ0) is 12.2. The van der Waals surface area contributed by atoms with Crippen molar-refractivity contribution >= 4 is 21.9 Å². The van der Waals surface area contributed by atoms with Gasteiger partial charge in [-0.15, -0.1) is 0 Å². The summed E-state index contributed by atoms with van der Waals surface area (Å²) in [5.41, 5.74) is -0.0857. The van der Waals surface area contributed by atoms with Crippen molar-refractivity contribution in [1.29, 1.82) is 0 Å². The van der Waals surface area contributed by atoms with Crippen molar-refractivity contribution < 1.29 is 19.0 Å². The van der Waals surface area contributed by atoms with Crippen LogP contribution in [0.4, 0.5) is 0 Å². The van der Waals surface area contributed by atoms with Gasteiger partial charge in [-0.25, -0.2) is 0 Å². The second-order valence-electron chi connectivity index (χ2n) is 3.79. The Hall–Kier alpha value is -2.43. The molecule has 0 spiro atoms. The van der Waals surface area contributed by atoms with Gasteiger partial charge in [-0.05, 0) is 13.0 Å². The van der Waals surface area contributed by atoms with Gasteiger partial charge in [-0.2, -0.15) is 0 Å². The quantitative estimate of drug-likeness (QED) is 0.581. The molecule has 2 aromatic heterocycles. The maximum atomic E-state index is 11.8. The highest BCUT2D eigenvalue weighted by molar-refractivity contribution is 6.08. The van der Waals surface area contributed by atoms with E-state index in [1.165, 1.54) is 12.3 Å². The molecule has 0 bridgehead atoms. The molecule has 3 rings (SSSR count). The van der Waals surface area contributed by atoms with Crippen molar-refractivity contribution in [3.8, 4) is 11.5 Å². The summed E-state index contributed by atoms with van der Waals surface area (Å²) in [6.45, 7) is 1.64. The Morgan fingerprint density at radius 2 is 1.94 bits per heavy atom. The maximum Gasteiger partial charge on any atom is 0.202 e. The summed E-state index contributed by atoms with van der Waals surface area (Å²) in [4.78, 5) is 11.8. The molecule has 0 saturated carbocycles. The molecule has 0 atom stereocenters. The molecular weight excluding hydrogens is 224 g/mol. The first-order valence-electron chi connectivity index (χ1n) is 4.95. The molecule has 86 valence electrons. The molecule has 0 aliphatic heterocycles. The lowest BCUT2D eigenvalue weighted by Gasteiger charge is -2.04. The SMILES string of the molecule is Cc1cc(=O)c2c(O)c(O)c3occc3c2o1. The number of benzene rings is 1. The average Bonchev–Trinajstić information content (AvgIpc) is 2.74. The predicted octanol–water partition coefficient (Wildman–Crippen LogP) is 2.26. The van der Waals surface area contributed by atoms with E-state index in [0.29, 0.717) is 11.1 Å². The number of hydrogen-bond donors (Lipinski definition) is 2. The monoisotopic (exact) mass is 232 g/mol. The summed E-state index contributed by atoms with van der Waals surface area (Å²) in [6, 6.07) is 2.83. The molecule has 0 aliphatic rings. The minimum atomic E-state index is -0.517. The van der Waals surface area contributed by atoms with E-state index < -0.39 is 16.9 Å². The van der Waals surface area contributed by atoms with Crippen molar-refractivity contribution in [1.82, 2.24) is 0 Å². The largest absolute Gasteiger partial charge is 0.504 e. The highest BCUT2D eigenvalue weighted by atomic mass is 16.4. The van der Waals surface area contributed by atoms with Crippen molar-refractivity contribution in [2.75, 3.05) is 0 Å². The zero-order valence-electron chi connectivity index (χ0n) is 8.85. The third-order valence-corrected chi connectivity index (χ3v) is 2.66. The van der Waals surface area contributed by atoms with Crippen LogP contribution in [0.3, 0.4) is 0 Å². The van der Waals surface area contributed by atoms with Crippen LogP contribution in [-0.2, 0) is 0 Å². The zero-order valence-corrected chi connectivity index (χ0v) is 8.85. The highest BCUT2D eigenvalue weighted by Crippen LogP contribution is 2.41. The lowest BCUT2D eigenvalue weighted by molar-refractivity contribution is 0.403. The van der Waals surface area contributed by atoms with Gasteiger partial charge in [-0.1, -0.05) is 0 Å². The van der Waals surface area contributed by atoms with Crippen molar-refractivity contribution in [2.45, 2.75) is 6.92 Å². The Bertz CT molecular complexity index is 794. The van der Waals surface area contributed by atoms with Crippen LogP contribution in [0, 0.1) is 6.92 Å². The Morgan fingerprint density at radius 1 is 1.18 bits per heavy atom. The smallest absolute Gasteiger partial charge is 0.202 e. The van der Waals surface area contributed by atoms with E-state index in [1.54, 1.807) is 13.0 Å². The van der Waals surface area contributed by atoms with Crippen LogP contribution in [0.2, 0.25) is 0 Å². The summed E-state index contributed by atoms with van der Waals surface area (Å²) in [7, 11) is 0. The first-order chi connectivity index (χ1) is 8.09. The third kappa shape index (κ3) is 1.16. The lowest BCUT2D eigenvalue weighted by atomic mass is 10.1. The third-order valence-electron chi connectivity index (χ3n) is 2.66. The average molecular weight is 232 g/mol. The topological polar surface area (TPSA) is 83.8 Å². The summed E-state index contributed by atoms with van der Waals surface area (Å²) >= 11 is 0. The molecule has 0 amide bonds. The number of hydrogen-bond acceptors (Lipinski definition) is 5. The van der Waals surface area contributed by atoms with Crippen molar-refractivity contribution in [3.63, 3.8) is 0 Å². The summed E-state index contributed by atoms with van der Waals surface area (Å²) in [6.07, 6.45) is 1.35. The summed E-state index contributed by atoms with van der Waals surface area (Å²) in [5.74, 6) is -0.542.